The lowest BCUT2D eigenvalue weighted by molar-refractivity contribution is -0.150. The molecule has 0 aromatic rings. The van der Waals surface area contributed by atoms with Crippen molar-refractivity contribution >= 4 is 11.9 Å². The maximum absolute atomic E-state index is 11.9. The maximum atomic E-state index is 11.9. The van der Waals surface area contributed by atoms with Crippen LogP contribution in [0.5, 0.6) is 0 Å². The first kappa shape index (κ1) is 23.8. The van der Waals surface area contributed by atoms with E-state index in [-0.39, 0.29) is 30.9 Å². The zero-order chi connectivity index (χ0) is 18.8. The van der Waals surface area contributed by atoms with Gasteiger partial charge < -0.3 is 23.7 Å². The first-order valence-corrected chi connectivity index (χ1v) is 9.12. The SMILES string of the molecule is CCCCC(CC)C(=O)OCCOCCOCCOCCC(=O)OC. The van der Waals surface area contributed by atoms with Crippen LogP contribution in [0.3, 0.4) is 0 Å². The van der Waals surface area contributed by atoms with Gasteiger partial charge in [-0.1, -0.05) is 26.7 Å². The first-order valence-electron chi connectivity index (χ1n) is 9.12. The van der Waals surface area contributed by atoms with Gasteiger partial charge in [0.1, 0.15) is 6.61 Å². The molecule has 0 spiro atoms. The molecule has 0 N–H and O–H groups in total. The van der Waals surface area contributed by atoms with Crippen molar-refractivity contribution in [2.75, 3.05) is 53.4 Å². The third-order valence-electron chi connectivity index (χ3n) is 3.63. The van der Waals surface area contributed by atoms with Crippen LogP contribution in [0, 0.1) is 5.92 Å². The normalized spacial score (nSPS) is 12.0. The first-order chi connectivity index (χ1) is 12.2. The van der Waals surface area contributed by atoms with Gasteiger partial charge in [-0.05, 0) is 12.8 Å². The molecule has 0 bridgehead atoms. The highest BCUT2D eigenvalue weighted by molar-refractivity contribution is 5.72. The Bertz CT molecular complexity index is 333. The molecule has 0 aliphatic rings. The van der Waals surface area contributed by atoms with E-state index >= 15 is 0 Å². The fraction of sp³-hybridized carbons (Fsp3) is 0.889. The van der Waals surface area contributed by atoms with Crippen molar-refractivity contribution in [1.82, 2.24) is 0 Å². The quantitative estimate of drug-likeness (QED) is 0.290. The van der Waals surface area contributed by atoms with E-state index in [0.717, 1.165) is 25.7 Å². The molecule has 0 aromatic heterocycles. The van der Waals surface area contributed by atoms with E-state index in [9.17, 15) is 9.59 Å². The van der Waals surface area contributed by atoms with E-state index in [1.807, 2.05) is 6.92 Å². The number of carbonyl (C=O) groups is 2. The van der Waals surface area contributed by atoms with Gasteiger partial charge >= 0.3 is 11.9 Å². The Labute approximate surface area is 151 Å². The number of unbranched alkanes of at least 4 members (excludes halogenated alkanes) is 1. The number of carbonyl (C=O) groups excluding carboxylic acids is 2. The van der Waals surface area contributed by atoms with Crippen LogP contribution in [-0.2, 0) is 33.3 Å². The van der Waals surface area contributed by atoms with Crippen molar-refractivity contribution in [3.63, 3.8) is 0 Å². The molecule has 0 saturated carbocycles. The Morgan fingerprint density at radius 3 is 1.92 bits per heavy atom. The van der Waals surface area contributed by atoms with E-state index in [0.29, 0.717) is 39.6 Å². The lowest BCUT2D eigenvalue weighted by atomic mass is 10.00. The van der Waals surface area contributed by atoms with Gasteiger partial charge in [0.25, 0.3) is 0 Å². The Morgan fingerprint density at radius 1 is 0.840 bits per heavy atom. The van der Waals surface area contributed by atoms with Gasteiger partial charge in [-0.3, -0.25) is 9.59 Å². The largest absolute Gasteiger partial charge is 0.469 e. The number of hydrogen-bond acceptors (Lipinski definition) is 7. The summed E-state index contributed by atoms with van der Waals surface area (Å²) >= 11 is 0. The second-order valence-electron chi connectivity index (χ2n) is 5.58. The molecule has 148 valence electrons. The third kappa shape index (κ3) is 14.8. The summed E-state index contributed by atoms with van der Waals surface area (Å²) in [4.78, 5) is 22.7. The van der Waals surface area contributed by atoms with E-state index < -0.39 is 0 Å². The van der Waals surface area contributed by atoms with Gasteiger partial charge in [-0.15, -0.1) is 0 Å². The van der Waals surface area contributed by atoms with Crippen molar-refractivity contribution < 1.29 is 33.3 Å². The van der Waals surface area contributed by atoms with Gasteiger partial charge in [0.05, 0.1) is 59.1 Å². The Balaban J connectivity index is 3.35. The molecule has 0 aliphatic heterocycles. The van der Waals surface area contributed by atoms with Crippen LogP contribution in [0.4, 0.5) is 0 Å². The lowest BCUT2D eigenvalue weighted by Crippen LogP contribution is -2.20. The molecule has 0 radical (unpaired) electrons. The predicted octanol–water partition coefficient (Wildman–Crippen LogP) is 2.36. The molecule has 25 heavy (non-hydrogen) atoms. The minimum Gasteiger partial charge on any atom is -0.469 e. The molecule has 1 atom stereocenters. The van der Waals surface area contributed by atoms with Crippen LogP contribution in [0.1, 0.15) is 46.0 Å². The molecule has 0 amide bonds. The molecule has 7 nitrogen and oxygen atoms in total. The molecule has 1 unspecified atom stereocenters. The van der Waals surface area contributed by atoms with E-state index in [1.165, 1.54) is 7.11 Å². The number of hydrogen-bond donors (Lipinski definition) is 0. The Morgan fingerprint density at radius 2 is 1.40 bits per heavy atom. The van der Waals surface area contributed by atoms with Gasteiger partial charge in [-0.2, -0.15) is 0 Å². The van der Waals surface area contributed by atoms with E-state index in [4.69, 9.17) is 18.9 Å². The van der Waals surface area contributed by atoms with Crippen LogP contribution in [0.15, 0.2) is 0 Å². The zero-order valence-electron chi connectivity index (χ0n) is 15.9. The smallest absolute Gasteiger partial charge is 0.308 e. The minimum absolute atomic E-state index is 0.00228. The monoisotopic (exact) mass is 362 g/mol. The highest BCUT2D eigenvalue weighted by Gasteiger charge is 2.16. The van der Waals surface area contributed by atoms with E-state index in [2.05, 4.69) is 11.7 Å². The third-order valence-corrected chi connectivity index (χ3v) is 3.63. The van der Waals surface area contributed by atoms with Crippen molar-refractivity contribution in [2.45, 2.75) is 46.0 Å². The average Bonchev–Trinajstić information content (AvgIpc) is 2.62. The molecular weight excluding hydrogens is 328 g/mol. The van der Waals surface area contributed by atoms with Gasteiger partial charge in [0, 0.05) is 0 Å². The molecule has 7 heteroatoms. The highest BCUT2D eigenvalue weighted by Crippen LogP contribution is 2.14. The minimum atomic E-state index is -0.286. The number of ether oxygens (including phenoxy) is 5. The average molecular weight is 362 g/mol. The second kappa shape index (κ2) is 17.6. The Hall–Kier alpha value is -1.18. The summed E-state index contributed by atoms with van der Waals surface area (Å²) in [5, 5.41) is 0. The van der Waals surface area contributed by atoms with Crippen LogP contribution < -0.4 is 0 Å². The van der Waals surface area contributed by atoms with Crippen molar-refractivity contribution in [3.8, 4) is 0 Å². The Kier molecular flexibility index (Phi) is 16.8. The zero-order valence-corrected chi connectivity index (χ0v) is 15.9. The lowest BCUT2D eigenvalue weighted by Gasteiger charge is -2.13. The highest BCUT2D eigenvalue weighted by atomic mass is 16.6. The van der Waals surface area contributed by atoms with E-state index in [1.54, 1.807) is 0 Å². The van der Waals surface area contributed by atoms with Crippen molar-refractivity contribution in [2.24, 2.45) is 5.92 Å². The molecule has 0 saturated heterocycles. The standard InChI is InChI=1S/C18H34O7/c1-4-6-7-16(5-2)18(20)25-15-14-24-13-12-23-11-10-22-9-8-17(19)21-3/h16H,4-15H2,1-3H3. The topological polar surface area (TPSA) is 80.3 Å². The number of methoxy groups -OCH3 is 1. The molecule has 0 aromatic carbocycles. The van der Waals surface area contributed by atoms with Gasteiger partial charge in [0.15, 0.2) is 0 Å². The summed E-state index contributed by atoms with van der Waals surface area (Å²) < 4.78 is 25.6. The molecule has 0 fully saturated rings. The predicted molar refractivity (Wildman–Crippen MR) is 93.4 cm³/mol. The fourth-order valence-corrected chi connectivity index (χ4v) is 2.06. The van der Waals surface area contributed by atoms with Crippen LogP contribution in [0.25, 0.3) is 0 Å². The summed E-state index contributed by atoms with van der Waals surface area (Å²) in [5.74, 6) is -0.409. The summed E-state index contributed by atoms with van der Waals surface area (Å²) in [7, 11) is 1.35. The number of rotatable bonds is 17. The van der Waals surface area contributed by atoms with Gasteiger partial charge in [0.2, 0.25) is 0 Å². The summed E-state index contributed by atoms with van der Waals surface area (Å²) in [5.41, 5.74) is 0. The van der Waals surface area contributed by atoms with Gasteiger partial charge in [-0.25, -0.2) is 0 Å². The second-order valence-corrected chi connectivity index (χ2v) is 5.58. The fourth-order valence-electron chi connectivity index (χ4n) is 2.06. The van der Waals surface area contributed by atoms with Crippen molar-refractivity contribution in [1.29, 1.82) is 0 Å². The molecular formula is C18H34O7. The number of esters is 2. The maximum Gasteiger partial charge on any atom is 0.308 e. The van der Waals surface area contributed by atoms with Crippen LogP contribution in [0.2, 0.25) is 0 Å². The van der Waals surface area contributed by atoms with Crippen LogP contribution in [-0.4, -0.2) is 65.3 Å². The van der Waals surface area contributed by atoms with Crippen LogP contribution >= 0.6 is 0 Å². The molecule has 0 rings (SSSR count). The van der Waals surface area contributed by atoms with Crippen molar-refractivity contribution in [3.05, 3.63) is 0 Å². The summed E-state index contributed by atoms with van der Waals surface area (Å²) in [6.45, 7) is 6.84. The molecule has 0 aliphatic carbocycles. The summed E-state index contributed by atoms with van der Waals surface area (Å²) in [6.07, 6.45) is 4.09. The summed E-state index contributed by atoms with van der Waals surface area (Å²) in [6, 6.07) is 0. The molecule has 0 heterocycles.